The minimum atomic E-state index is -0.974. The fourth-order valence-corrected chi connectivity index (χ4v) is 2.00. The molecule has 0 radical (unpaired) electrons. The molecule has 1 aromatic carbocycles. The molecule has 0 aromatic heterocycles. The number of nitro benzene ring substituents is 1. The molecule has 1 aromatic rings. The van der Waals surface area contributed by atoms with Gasteiger partial charge in [0.25, 0.3) is 5.91 Å². The van der Waals surface area contributed by atoms with Gasteiger partial charge in [0.15, 0.2) is 0 Å². The van der Waals surface area contributed by atoms with Gasteiger partial charge in [-0.05, 0) is 25.0 Å². The number of nitrogens with one attached hydrogen (secondary N) is 1. The van der Waals surface area contributed by atoms with E-state index in [-0.39, 0.29) is 11.7 Å². The number of amides is 1. The molecule has 0 aliphatic heterocycles. The van der Waals surface area contributed by atoms with Crippen LogP contribution in [0.4, 0.5) is 10.1 Å². The van der Waals surface area contributed by atoms with Crippen molar-refractivity contribution < 1.29 is 18.9 Å². The third kappa shape index (κ3) is 3.25. The summed E-state index contributed by atoms with van der Waals surface area (Å²) in [5.74, 6) is -1.59. The topological polar surface area (TPSA) is 81.5 Å². The van der Waals surface area contributed by atoms with Crippen LogP contribution in [-0.2, 0) is 4.84 Å². The normalized spacial score (nSPS) is 15.4. The van der Waals surface area contributed by atoms with Crippen molar-refractivity contribution in [3.63, 3.8) is 0 Å². The van der Waals surface area contributed by atoms with E-state index in [1.54, 1.807) is 0 Å². The van der Waals surface area contributed by atoms with E-state index in [1.165, 1.54) is 6.07 Å². The van der Waals surface area contributed by atoms with Gasteiger partial charge in [0.05, 0.1) is 11.0 Å². The highest BCUT2D eigenvalue weighted by Gasteiger charge is 2.20. The monoisotopic (exact) mass is 268 g/mol. The first-order valence-electron chi connectivity index (χ1n) is 5.98. The Bertz CT molecular complexity index is 501. The van der Waals surface area contributed by atoms with Crippen molar-refractivity contribution in [3.05, 3.63) is 39.7 Å². The number of nitro groups is 1. The third-order valence-electron chi connectivity index (χ3n) is 3.03. The summed E-state index contributed by atoms with van der Waals surface area (Å²) in [6.45, 7) is 0. The van der Waals surface area contributed by atoms with Gasteiger partial charge < -0.3 is 0 Å². The van der Waals surface area contributed by atoms with Crippen molar-refractivity contribution >= 4 is 11.6 Å². The van der Waals surface area contributed by atoms with Crippen molar-refractivity contribution in [2.75, 3.05) is 0 Å². The van der Waals surface area contributed by atoms with Crippen LogP contribution >= 0.6 is 0 Å². The number of carbonyl (C=O) groups is 1. The minimum Gasteiger partial charge on any atom is -0.270 e. The van der Waals surface area contributed by atoms with Crippen molar-refractivity contribution in [1.82, 2.24) is 5.48 Å². The largest absolute Gasteiger partial charge is 0.305 e. The highest BCUT2D eigenvalue weighted by atomic mass is 19.1. The quantitative estimate of drug-likeness (QED) is 0.671. The number of hydroxylamine groups is 1. The second kappa shape index (κ2) is 5.75. The van der Waals surface area contributed by atoms with Gasteiger partial charge >= 0.3 is 5.69 Å². The Morgan fingerprint density at radius 2 is 2.11 bits per heavy atom. The van der Waals surface area contributed by atoms with Crippen LogP contribution < -0.4 is 5.48 Å². The van der Waals surface area contributed by atoms with E-state index < -0.39 is 22.3 Å². The Kier molecular flexibility index (Phi) is 4.06. The summed E-state index contributed by atoms with van der Waals surface area (Å²) in [7, 11) is 0. The van der Waals surface area contributed by atoms with Gasteiger partial charge in [-0.2, -0.15) is 4.39 Å². The molecule has 7 heteroatoms. The average molecular weight is 268 g/mol. The lowest BCUT2D eigenvalue weighted by molar-refractivity contribution is -0.387. The van der Waals surface area contributed by atoms with E-state index in [0.717, 1.165) is 37.8 Å². The summed E-state index contributed by atoms with van der Waals surface area (Å²) in [6.07, 6.45) is 3.86. The Morgan fingerprint density at radius 1 is 1.42 bits per heavy atom. The maximum atomic E-state index is 13.1. The van der Waals surface area contributed by atoms with Crippen molar-refractivity contribution in [2.45, 2.75) is 31.8 Å². The molecule has 1 amide bonds. The van der Waals surface area contributed by atoms with Crippen LogP contribution in [0.3, 0.4) is 0 Å². The summed E-state index contributed by atoms with van der Waals surface area (Å²) in [4.78, 5) is 26.6. The summed E-state index contributed by atoms with van der Waals surface area (Å²) >= 11 is 0. The lowest BCUT2D eigenvalue weighted by Crippen LogP contribution is -2.28. The van der Waals surface area contributed by atoms with Gasteiger partial charge in [-0.25, -0.2) is 5.48 Å². The Balaban J connectivity index is 2.02. The van der Waals surface area contributed by atoms with Gasteiger partial charge in [0.2, 0.25) is 5.82 Å². The molecule has 1 N–H and O–H groups in total. The fourth-order valence-electron chi connectivity index (χ4n) is 2.00. The van der Waals surface area contributed by atoms with E-state index >= 15 is 0 Å². The second-order valence-electron chi connectivity index (χ2n) is 4.38. The molecule has 102 valence electrons. The fraction of sp³-hybridized carbons (Fsp3) is 0.417. The van der Waals surface area contributed by atoms with E-state index in [2.05, 4.69) is 5.48 Å². The standard InChI is InChI=1S/C12H13FN2O4/c13-10-6-5-8(7-11(10)15(17)18)12(16)14-19-9-3-1-2-4-9/h5-7,9H,1-4H2,(H,14,16). The maximum absolute atomic E-state index is 13.1. The highest BCUT2D eigenvalue weighted by Crippen LogP contribution is 2.21. The van der Waals surface area contributed by atoms with Gasteiger partial charge in [-0.3, -0.25) is 19.7 Å². The molecule has 2 rings (SSSR count). The molecular formula is C12H13FN2O4. The van der Waals surface area contributed by atoms with E-state index in [1.807, 2.05) is 0 Å². The molecule has 0 heterocycles. The van der Waals surface area contributed by atoms with Gasteiger partial charge in [-0.1, -0.05) is 12.8 Å². The predicted molar refractivity (Wildman–Crippen MR) is 63.9 cm³/mol. The number of halogens is 1. The SMILES string of the molecule is O=C(NOC1CCCC1)c1ccc(F)c([N+](=O)[O-])c1. The number of hydrogen-bond acceptors (Lipinski definition) is 4. The van der Waals surface area contributed by atoms with Crippen LogP contribution in [0, 0.1) is 15.9 Å². The van der Waals surface area contributed by atoms with Gasteiger partial charge in [-0.15, -0.1) is 0 Å². The van der Waals surface area contributed by atoms with Crippen LogP contribution in [0.1, 0.15) is 36.0 Å². The van der Waals surface area contributed by atoms with E-state index in [9.17, 15) is 19.3 Å². The molecule has 0 atom stereocenters. The molecular weight excluding hydrogens is 255 g/mol. The van der Waals surface area contributed by atoms with Gasteiger partial charge in [0.1, 0.15) is 0 Å². The van der Waals surface area contributed by atoms with Crippen molar-refractivity contribution in [3.8, 4) is 0 Å². The molecule has 0 spiro atoms. The van der Waals surface area contributed by atoms with Crippen molar-refractivity contribution in [2.24, 2.45) is 0 Å². The zero-order valence-corrected chi connectivity index (χ0v) is 10.1. The summed E-state index contributed by atoms with van der Waals surface area (Å²) in [5, 5.41) is 10.6. The number of rotatable bonds is 4. The van der Waals surface area contributed by atoms with Crippen LogP contribution in [0.2, 0.25) is 0 Å². The molecule has 1 aliphatic rings. The lowest BCUT2D eigenvalue weighted by atomic mass is 10.2. The first-order chi connectivity index (χ1) is 9.08. The zero-order chi connectivity index (χ0) is 13.8. The number of nitrogens with zero attached hydrogens (tertiary/aromatic N) is 1. The molecule has 1 aliphatic carbocycles. The average Bonchev–Trinajstić information content (AvgIpc) is 2.89. The van der Waals surface area contributed by atoms with Crippen LogP contribution in [0.25, 0.3) is 0 Å². The molecule has 1 saturated carbocycles. The molecule has 0 saturated heterocycles. The second-order valence-corrected chi connectivity index (χ2v) is 4.38. The zero-order valence-electron chi connectivity index (χ0n) is 10.1. The van der Waals surface area contributed by atoms with Gasteiger partial charge in [0, 0.05) is 11.6 Å². The number of carbonyl (C=O) groups excluding carboxylic acids is 1. The number of benzene rings is 1. The smallest absolute Gasteiger partial charge is 0.270 e. The Morgan fingerprint density at radius 3 is 2.74 bits per heavy atom. The maximum Gasteiger partial charge on any atom is 0.305 e. The molecule has 1 fully saturated rings. The molecule has 0 bridgehead atoms. The van der Waals surface area contributed by atoms with Crippen LogP contribution in [0.15, 0.2) is 18.2 Å². The summed E-state index contributed by atoms with van der Waals surface area (Å²) in [6, 6.07) is 2.96. The van der Waals surface area contributed by atoms with Crippen LogP contribution in [-0.4, -0.2) is 16.9 Å². The minimum absolute atomic E-state index is 0.00824. The van der Waals surface area contributed by atoms with Crippen LogP contribution in [0.5, 0.6) is 0 Å². The first-order valence-corrected chi connectivity index (χ1v) is 5.98. The van der Waals surface area contributed by atoms with Crippen molar-refractivity contribution in [1.29, 1.82) is 0 Å². The highest BCUT2D eigenvalue weighted by molar-refractivity contribution is 5.94. The first kappa shape index (κ1) is 13.4. The Hall–Kier alpha value is -2.02. The molecule has 0 unspecified atom stereocenters. The summed E-state index contributed by atoms with van der Waals surface area (Å²) < 4.78 is 13.1. The number of hydrogen-bond donors (Lipinski definition) is 1. The Labute approximate surface area is 108 Å². The third-order valence-corrected chi connectivity index (χ3v) is 3.03. The van der Waals surface area contributed by atoms with E-state index in [4.69, 9.17) is 4.84 Å². The lowest BCUT2D eigenvalue weighted by Gasteiger charge is -2.11. The summed E-state index contributed by atoms with van der Waals surface area (Å²) in [5.41, 5.74) is 1.51. The molecule has 6 nitrogen and oxygen atoms in total. The molecule has 19 heavy (non-hydrogen) atoms. The predicted octanol–water partition coefficient (Wildman–Crippen LogP) is 2.34. The van der Waals surface area contributed by atoms with E-state index in [0.29, 0.717) is 0 Å².